The lowest BCUT2D eigenvalue weighted by molar-refractivity contribution is 0.104. The number of benzene rings is 2. The molecule has 5 heteroatoms. The second kappa shape index (κ2) is 9.14. The SMILES string of the molecule is CCOc1ccc(/C=C/C(=O)c2ccc(OCC#N)cc2)cc1OC. The Morgan fingerprint density at radius 1 is 1.12 bits per heavy atom. The minimum Gasteiger partial charge on any atom is -0.493 e. The minimum absolute atomic E-state index is 0.0211. The molecule has 0 bridgehead atoms. The normalized spacial score (nSPS) is 10.3. The van der Waals surface area contributed by atoms with Crippen molar-refractivity contribution in [2.75, 3.05) is 20.3 Å². The van der Waals surface area contributed by atoms with Gasteiger partial charge in [0.1, 0.15) is 11.8 Å². The van der Waals surface area contributed by atoms with E-state index < -0.39 is 0 Å². The van der Waals surface area contributed by atoms with Gasteiger partial charge in [-0.1, -0.05) is 12.1 Å². The van der Waals surface area contributed by atoms with Crippen LogP contribution in [0.5, 0.6) is 17.2 Å². The van der Waals surface area contributed by atoms with Gasteiger partial charge in [-0.05, 0) is 55.0 Å². The summed E-state index contributed by atoms with van der Waals surface area (Å²) in [5.41, 5.74) is 1.38. The molecule has 0 fully saturated rings. The predicted octanol–water partition coefficient (Wildman–Crippen LogP) is 3.89. The molecule has 0 heterocycles. The third-order valence-corrected chi connectivity index (χ3v) is 3.36. The molecule has 0 amide bonds. The summed E-state index contributed by atoms with van der Waals surface area (Å²) < 4.78 is 15.9. The first-order valence-electron chi connectivity index (χ1n) is 7.81. The van der Waals surface area contributed by atoms with Gasteiger partial charge in [-0.3, -0.25) is 4.79 Å². The zero-order valence-corrected chi connectivity index (χ0v) is 14.2. The van der Waals surface area contributed by atoms with Crippen LogP contribution in [0.1, 0.15) is 22.8 Å². The van der Waals surface area contributed by atoms with E-state index in [4.69, 9.17) is 19.5 Å². The highest BCUT2D eigenvalue weighted by atomic mass is 16.5. The Hall–Kier alpha value is -3.26. The number of methoxy groups -OCH3 is 1. The van der Waals surface area contributed by atoms with Crippen LogP contribution < -0.4 is 14.2 Å². The highest BCUT2D eigenvalue weighted by molar-refractivity contribution is 6.06. The average Bonchev–Trinajstić information content (AvgIpc) is 2.65. The summed E-state index contributed by atoms with van der Waals surface area (Å²) in [6.45, 7) is 2.44. The molecule has 0 saturated carbocycles. The van der Waals surface area contributed by atoms with E-state index in [1.165, 1.54) is 6.08 Å². The summed E-state index contributed by atoms with van der Waals surface area (Å²) in [6, 6.07) is 14.0. The maximum atomic E-state index is 12.2. The number of allylic oxidation sites excluding steroid dienone is 1. The molecule has 0 radical (unpaired) electrons. The molecule has 0 unspecified atom stereocenters. The van der Waals surface area contributed by atoms with Crippen LogP contribution in [0.3, 0.4) is 0 Å². The van der Waals surface area contributed by atoms with Crippen molar-refractivity contribution in [3.63, 3.8) is 0 Å². The van der Waals surface area contributed by atoms with E-state index in [9.17, 15) is 4.79 Å². The van der Waals surface area contributed by atoms with E-state index in [1.54, 1.807) is 37.5 Å². The van der Waals surface area contributed by atoms with Gasteiger partial charge in [-0.2, -0.15) is 5.26 Å². The van der Waals surface area contributed by atoms with Crippen molar-refractivity contribution >= 4 is 11.9 Å². The fourth-order valence-electron chi connectivity index (χ4n) is 2.16. The molecule has 5 nitrogen and oxygen atoms in total. The maximum Gasteiger partial charge on any atom is 0.185 e. The first-order chi connectivity index (χ1) is 12.2. The summed E-state index contributed by atoms with van der Waals surface area (Å²) >= 11 is 0. The minimum atomic E-state index is -0.125. The van der Waals surface area contributed by atoms with Gasteiger partial charge >= 0.3 is 0 Å². The van der Waals surface area contributed by atoms with E-state index in [0.29, 0.717) is 29.4 Å². The number of hydrogen-bond donors (Lipinski definition) is 0. The lowest BCUT2D eigenvalue weighted by Crippen LogP contribution is -1.97. The lowest BCUT2D eigenvalue weighted by atomic mass is 10.1. The number of carbonyl (C=O) groups excluding carboxylic acids is 1. The molecule has 0 atom stereocenters. The van der Waals surface area contributed by atoms with Crippen molar-refractivity contribution in [3.05, 3.63) is 59.7 Å². The molecular formula is C20H19NO4. The monoisotopic (exact) mass is 337 g/mol. The second-order valence-electron chi connectivity index (χ2n) is 5.01. The Balaban J connectivity index is 2.08. The smallest absolute Gasteiger partial charge is 0.185 e. The van der Waals surface area contributed by atoms with Gasteiger partial charge in [0.15, 0.2) is 23.9 Å². The summed E-state index contributed by atoms with van der Waals surface area (Å²) in [7, 11) is 1.58. The second-order valence-corrected chi connectivity index (χ2v) is 5.01. The summed E-state index contributed by atoms with van der Waals surface area (Å²) in [5, 5.41) is 8.48. The van der Waals surface area contributed by atoms with Crippen molar-refractivity contribution in [2.24, 2.45) is 0 Å². The van der Waals surface area contributed by atoms with Crippen LogP contribution in [-0.4, -0.2) is 26.1 Å². The number of nitrogens with zero attached hydrogens (tertiary/aromatic N) is 1. The van der Waals surface area contributed by atoms with Gasteiger partial charge in [-0.15, -0.1) is 0 Å². The number of ether oxygens (including phenoxy) is 3. The van der Waals surface area contributed by atoms with Gasteiger partial charge in [0.05, 0.1) is 13.7 Å². The van der Waals surface area contributed by atoms with Gasteiger partial charge < -0.3 is 14.2 Å². The first kappa shape index (κ1) is 18.1. The predicted molar refractivity (Wildman–Crippen MR) is 95.1 cm³/mol. The molecule has 0 aliphatic rings. The van der Waals surface area contributed by atoms with Crippen molar-refractivity contribution in [1.29, 1.82) is 5.26 Å². The fourth-order valence-corrected chi connectivity index (χ4v) is 2.16. The Bertz CT molecular complexity index is 788. The summed E-state index contributed by atoms with van der Waals surface area (Å²) in [5.74, 6) is 1.72. The Labute approximate surface area is 147 Å². The standard InChI is InChI=1S/C20H19NO4/c1-3-24-19-11-5-15(14-20(19)23-2)4-10-18(22)16-6-8-17(9-7-16)25-13-12-21/h4-11,14H,3,13H2,1-2H3/b10-4+. The van der Waals surface area contributed by atoms with Crippen LogP contribution in [-0.2, 0) is 0 Å². The van der Waals surface area contributed by atoms with Gasteiger partial charge in [0, 0.05) is 5.56 Å². The topological polar surface area (TPSA) is 68.5 Å². The zero-order chi connectivity index (χ0) is 18.1. The van der Waals surface area contributed by atoms with Crippen LogP contribution in [0.15, 0.2) is 48.5 Å². The van der Waals surface area contributed by atoms with E-state index in [2.05, 4.69) is 0 Å². The molecule has 0 N–H and O–H groups in total. The van der Waals surface area contributed by atoms with Gasteiger partial charge in [-0.25, -0.2) is 0 Å². The van der Waals surface area contributed by atoms with Crippen LogP contribution >= 0.6 is 0 Å². The highest BCUT2D eigenvalue weighted by Crippen LogP contribution is 2.28. The Morgan fingerprint density at radius 3 is 2.52 bits per heavy atom. The average molecular weight is 337 g/mol. The van der Waals surface area contributed by atoms with Gasteiger partial charge in [0.25, 0.3) is 0 Å². The third kappa shape index (κ3) is 5.11. The van der Waals surface area contributed by atoms with Crippen molar-refractivity contribution in [1.82, 2.24) is 0 Å². The van der Waals surface area contributed by atoms with E-state index in [-0.39, 0.29) is 12.4 Å². The van der Waals surface area contributed by atoms with E-state index >= 15 is 0 Å². The number of nitriles is 1. The number of carbonyl (C=O) groups is 1. The number of ketones is 1. The van der Waals surface area contributed by atoms with Gasteiger partial charge in [0.2, 0.25) is 0 Å². The van der Waals surface area contributed by atoms with Crippen LogP contribution in [0.25, 0.3) is 6.08 Å². The highest BCUT2D eigenvalue weighted by Gasteiger charge is 2.05. The lowest BCUT2D eigenvalue weighted by Gasteiger charge is -2.09. The molecular weight excluding hydrogens is 318 g/mol. The molecule has 0 spiro atoms. The van der Waals surface area contributed by atoms with Crippen LogP contribution in [0.4, 0.5) is 0 Å². The quantitative estimate of drug-likeness (QED) is 0.540. The fraction of sp³-hybridized carbons (Fsp3) is 0.200. The largest absolute Gasteiger partial charge is 0.493 e. The molecule has 0 aliphatic carbocycles. The molecule has 128 valence electrons. The maximum absolute atomic E-state index is 12.2. The van der Waals surface area contributed by atoms with Crippen molar-refractivity contribution in [3.8, 4) is 23.3 Å². The van der Waals surface area contributed by atoms with Crippen molar-refractivity contribution < 1.29 is 19.0 Å². The molecule has 0 aromatic heterocycles. The van der Waals surface area contributed by atoms with Crippen LogP contribution in [0.2, 0.25) is 0 Å². The molecule has 2 aromatic rings. The molecule has 25 heavy (non-hydrogen) atoms. The zero-order valence-electron chi connectivity index (χ0n) is 14.2. The number of rotatable bonds is 8. The molecule has 0 saturated heterocycles. The first-order valence-corrected chi connectivity index (χ1v) is 7.81. The van der Waals surface area contributed by atoms with E-state index in [1.807, 2.05) is 31.2 Å². The van der Waals surface area contributed by atoms with Crippen molar-refractivity contribution in [2.45, 2.75) is 6.92 Å². The Morgan fingerprint density at radius 2 is 1.88 bits per heavy atom. The molecule has 0 aliphatic heterocycles. The number of hydrogen-bond acceptors (Lipinski definition) is 5. The molecule has 2 aromatic carbocycles. The van der Waals surface area contributed by atoms with E-state index in [0.717, 1.165) is 5.56 Å². The Kier molecular flexibility index (Phi) is 6.61. The summed E-state index contributed by atoms with van der Waals surface area (Å²) in [4.78, 5) is 12.2. The molecule has 2 rings (SSSR count). The third-order valence-electron chi connectivity index (χ3n) is 3.36. The summed E-state index contributed by atoms with van der Waals surface area (Å²) in [6.07, 6.45) is 3.22. The van der Waals surface area contributed by atoms with Crippen LogP contribution in [0, 0.1) is 11.3 Å².